The number of hydrogen-bond acceptors (Lipinski definition) is 4. The predicted molar refractivity (Wildman–Crippen MR) is 121 cm³/mol. The smallest absolute Gasteiger partial charge is 0.237 e. The topological polar surface area (TPSA) is 105 Å². The van der Waals surface area contributed by atoms with E-state index in [2.05, 4.69) is 16.1 Å². The fraction of sp³-hybridized carbons (Fsp3) is 0.667. The van der Waals surface area contributed by atoms with Crippen molar-refractivity contribution in [2.24, 2.45) is 17.3 Å². The first kappa shape index (κ1) is 22.9. The molecule has 5 aliphatic rings. The van der Waals surface area contributed by atoms with Gasteiger partial charge in [-0.05, 0) is 86.3 Å². The first-order chi connectivity index (χ1) is 15.8. The van der Waals surface area contributed by atoms with E-state index in [1.165, 1.54) is 12.1 Å². The van der Waals surface area contributed by atoms with Crippen LogP contribution in [0.25, 0.3) is 0 Å². The number of carbonyl (C=O) groups excluding carboxylic acids is 1. The highest BCUT2D eigenvalue weighted by atomic mass is 32.2. The first-order valence-electron chi connectivity index (χ1n) is 11.9. The molecule has 0 aromatic heterocycles. The summed E-state index contributed by atoms with van der Waals surface area (Å²) in [5, 5.41) is 13.0. The van der Waals surface area contributed by atoms with E-state index in [1.807, 2.05) is 0 Å². The average Bonchev–Trinajstić information content (AvgIpc) is 3.25. The Balaban J connectivity index is 1.39. The second-order valence-electron chi connectivity index (χ2n) is 10.7. The maximum absolute atomic E-state index is 13.6. The second kappa shape index (κ2) is 8.73. The van der Waals surface area contributed by atoms with Crippen LogP contribution in [-0.2, 0) is 16.1 Å². The summed E-state index contributed by atoms with van der Waals surface area (Å²) in [6, 6.07) is 7.76. The van der Waals surface area contributed by atoms with E-state index in [1.54, 1.807) is 17.0 Å². The van der Waals surface area contributed by atoms with Crippen LogP contribution >= 0.6 is 0 Å². The van der Waals surface area contributed by atoms with Crippen molar-refractivity contribution >= 4 is 17.2 Å². The van der Waals surface area contributed by atoms with Crippen LogP contribution in [0, 0.1) is 34.4 Å². The van der Waals surface area contributed by atoms with Gasteiger partial charge < -0.3 is 10.2 Å². The molecule has 1 aliphatic heterocycles. The van der Waals surface area contributed by atoms with Crippen LogP contribution < -0.4 is 10.0 Å². The van der Waals surface area contributed by atoms with Crippen molar-refractivity contribution in [1.82, 2.24) is 14.9 Å². The number of hydrogen-bond donors (Lipinski definition) is 3. The molecule has 5 atom stereocenters. The molecule has 33 heavy (non-hydrogen) atoms. The molecule has 5 unspecified atom stereocenters. The number of halogens is 1. The van der Waals surface area contributed by atoms with Crippen LogP contribution in [0.3, 0.4) is 0 Å². The number of nitrogens with zero attached hydrogens (tertiary/aromatic N) is 2. The monoisotopic (exact) mass is 474 g/mol. The van der Waals surface area contributed by atoms with Gasteiger partial charge in [0.25, 0.3) is 0 Å². The quantitative estimate of drug-likeness (QED) is 0.527. The SMILES string of the molecule is N#CC1CCCN1C(=O)CNC12CC3CC(C1)CC(C(NS(=O)O)c1ccc(F)cc1)(C3)C2. The molecule has 4 aliphatic carbocycles. The summed E-state index contributed by atoms with van der Waals surface area (Å²) in [7, 11) is 0. The Morgan fingerprint density at radius 3 is 2.61 bits per heavy atom. The van der Waals surface area contributed by atoms with Crippen LogP contribution in [0.2, 0.25) is 0 Å². The number of rotatable bonds is 7. The normalized spacial score (nSPS) is 36.5. The van der Waals surface area contributed by atoms with E-state index in [4.69, 9.17) is 0 Å². The van der Waals surface area contributed by atoms with Gasteiger partial charge in [-0.1, -0.05) is 12.1 Å². The molecule has 0 radical (unpaired) electrons. The van der Waals surface area contributed by atoms with Gasteiger partial charge in [0.2, 0.25) is 17.2 Å². The Hall–Kier alpha value is -1.86. The van der Waals surface area contributed by atoms with E-state index >= 15 is 0 Å². The summed E-state index contributed by atoms with van der Waals surface area (Å²) >= 11 is -2.20. The summed E-state index contributed by atoms with van der Waals surface area (Å²) < 4.78 is 38.1. The molecule has 0 spiro atoms. The Labute approximate surface area is 196 Å². The molecule has 1 amide bonds. The van der Waals surface area contributed by atoms with Crippen molar-refractivity contribution in [3.8, 4) is 6.07 Å². The second-order valence-corrected chi connectivity index (χ2v) is 11.4. The van der Waals surface area contributed by atoms with Gasteiger partial charge in [-0.25, -0.2) is 13.3 Å². The van der Waals surface area contributed by atoms with Crippen molar-refractivity contribution in [1.29, 1.82) is 5.26 Å². The zero-order chi connectivity index (χ0) is 23.2. The molecular weight excluding hydrogens is 443 g/mol. The Kier molecular flexibility index (Phi) is 6.06. The highest BCUT2D eigenvalue weighted by Crippen LogP contribution is 2.65. The lowest BCUT2D eigenvalue weighted by Crippen LogP contribution is -2.65. The maximum Gasteiger partial charge on any atom is 0.237 e. The molecule has 7 nitrogen and oxygen atoms in total. The third-order valence-corrected chi connectivity index (χ3v) is 8.91. The van der Waals surface area contributed by atoms with Crippen molar-refractivity contribution in [2.75, 3.05) is 13.1 Å². The van der Waals surface area contributed by atoms with Crippen molar-refractivity contribution in [3.05, 3.63) is 35.6 Å². The van der Waals surface area contributed by atoms with E-state index in [-0.39, 0.29) is 41.3 Å². The van der Waals surface area contributed by atoms with Crippen LogP contribution in [0.15, 0.2) is 24.3 Å². The summed E-state index contributed by atoms with van der Waals surface area (Å²) in [5.74, 6) is 0.629. The highest BCUT2D eigenvalue weighted by molar-refractivity contribution is 7.77. The van der Waals surface area contributed by atoms with Gasteiger partial charge in [0.1, 0.15) is 11.9 Å². The third kappa shape index (κ3) is 4.34. The van der Waals surface area contributed by atoms with E-state index in [9.17, 15) is 23.2 Å². The summed E-state index contributed by atoms with van der Waals surface area (Å²) in [6.45, 7) is 0.855. The number of nitrogens with one attached hydrogen (secondary N) is 2. The molecule has 5 fully saturated rings. The lowest BCUT2D eigenvalue weighted by molar-refractivity contribution is -0.133. The molecule has 1 aromatic carbocycles. The van der Waals surface area contributed by atoms with Gasteiger partial charge >= 0.3 is 0 Å². The zero-order valence-electron chi connectivity index (χ0n) is 18.6. The third-order valence-electron chi connectivity index (χ3n) is 8.48. The average molecular weight is 475 g/mol. The molecule has 1 saturated heterocycles. The van der Waals surface area contributed by atoms with Gasteiger partial charge in [0.05, 0.1) is 18.7 Å². The number of amides is 1. The molecule has 178 valence electrons. The molecule has 6 rings (SSSR count). The van der Waals surface area contributed by atoms with E-state index < -0.39 is 11.3 Å². The van der Waals surface area contributed by atoms with E-state index in [0.717, 1.165) is 56.9 Å². The minimum absolute atomic E-state index is 0.0199. The number of likely N-dealkylation sites (tertiary alicyclic amines) is 1. The van der Waals surface area contributed by atoms with Crippen LogP contribution in [-0.4, -0.2) is 44.2 Å². The molecule has 1 heterocycles. The summed E-state index contributed by atoms with van der Waals surface area (Å²) in [4.78, 5) is 14.6. The molecular formula is C24H31FN4O3S. The van der Waals surface area contributed by atoms with Crippen LogP contribution in [0.5, 0.6) is 0 Å². The van der Waals surface area contributed by atoms with Gasteiger partial charge in [-0.3, -0.25) is 9.35 Å². The molecule has 1 aromatic rings. The van der Waals surface area contributed by atoms with Gasteiger partial charge in [0, 0.05) is 12.1 Å². The highest BCUT2D eigenvalue weighted by Gasteiger charge is 2.60. The van der Waals surface area contributed by atoms with Gasteiger partial charge in [-0.15, -0.1) is 0 Å². The summed E-state index contributed by atoms with van der Waals surface area (Å²) in [5.41, 5.74) is 0.387. The van der Waals surface area contributed by atoms with Gasteiger partial charge in [-0.2, -0.15) is 5.26 Å². The predicted octanol–water partition coefficient (Wildman–Crippen LogP) is 3.04. The first-order valence-corrected chi connectivity index (χ1v) is 13.0. The van der Waals surface area contributed by atoms with Crippen molar-refractivity contribution in [3.63, 3.8) is 0 Å². The molecule has 3 N–H and O–H groups in total. The minimum atomic E-state index is -2.20. The van der Waals surface area contributed by atoms with Crippen molar-refractivity contribution in [2.45, 2.75) is 69.0 Å². The van der Waals surface area contributed by atoms with Crippen LogP contribution in [0.1, 0.15) is 63.0 Å². The maximum atomic E-state index is 13.6. The summed E-state index contributed by atoms with van der Waals surface area (Å²) in [6.07, 6.45) is 7.46. The molecule has 4 saturated carbocycles. The molecule has 9 heteroatoms. The minimum Gasteiger partial charge on any atom is -0.326 e. The fourth-order valence-corrected chi connectivity index (χ4v) is 8.33. The number of carbonyl (C=O) groups is 1. The zero-order valence-corrected chi connectivity index (χ0v) is 19.5. The Bertz CT molecular complexity index is 967. The lowest BCUT2D eigenvalue weighted by atomic mass is 9.44. The Morgan fingerprint density at radius 1 is 1.27 bits per heavy atom. The number of benzene rings is 1. The van der Waals surface area contributed by atoms with Crippen LogP contribution in [0.4, 0.5) is 4.39 Å². The lowest BCUT2D eigenvalue weighted by Gasteiger charge is -2.64. The molecule has 4 bridgehead atoms. The largest absolute Gasteiger partial charge is 0.326 e. The van der Waals surface area contributed by atoms with Gasteiger partial charge in [0.15, 0.2) is 0 Å². The van der Waals surface area contributed by atoms with E-state index in [0.29, 0.717) is 18.4 Å². The fourth-order valence-electron chi connectivity index (χ4n) is 7.74. The number of nitriles is 1. The Morgan fingerprint density at radius 2 is 1.97 bits per heavy atom. The standard InChI is InChI=1S/C24H31FN4O3S/c25-19-5-3-18(4-6-19)22(28-33(31)32)23-9-16-8-17(10-23)12-24(11-16,15-23)27-14-21(30)29-7-1-2-20(29)13-26/h3-6,16-17,20,22,27-28H,1-2,7-12,14-15H2,(H,31,32). The van der Waals surface area contributed by atoms with Crippen molar-refractivity contribution < 1.29 is 17.9 Å².